The third kappa shape index (κ3) is 5.12. The topological polar surface area (TPSA) is 50.6 Å². The number of ether oxygens (including phenoxy) is 1. The number of hydrogen-bond acceptors (Lipinski definition) is 4. The van der Waals surface area contributed by atoms with E-state index in [4.69, 9.17) is 16.3 Å². The fourth-order valence-electron chi connectivity index (χ4n) is 3.45. The lowest BCUT2D eigenvalue weighted by atomic mass is 10.2. The number of halogens is 1. The second-order valence-corrected chi connectivity index (χ2v) is 7.57. The summed E-state index contributed by atoms with van der Waals surface area (Å²) in [6, 6.07) is 8.03. The number of aryl methyl sites for hydroxylation is 2. The summed E-state index contributed by atoms with van der Waals surface area (Å²) in [6.45, 7) is 7.85. The highest BCUT2D eigenvalue weighted by molar-refractivity contribution is 6.31. The van der Waals surface area contributed by atoms with Crippen LogP contribution < -0.4 is 9.64 Å². The van der Waals surface area contributed by atoms with Crippen molar-refractivity contribution in [1.29, 1.82) is 0 Å². The molecule has 1 saturated heterocycles. The maximum atomic E-state index is 12.6. The lowest BCUT2D eigenvalue weighted by Gasteiger charge is -2.35. The van der Waals surface area contributed by atoms with E-state index in [-0.39, 0.29) is 5.91 Å². The molecular formula is C22H29ClN4O2. The Kier molecular flexibility index (Phi) is 7.20. The molecule has 1 aliphatic heterocycles. The minimum absolute atomic E-state index is 0.0103. The van der Waals surface area contributed by atoms with Crippen LogP contribution in [-0.2, 0) is 11.3 Å². The van der Waals surface area contributed by atoms with Gasteiger partial charge in [-0.1, -0.05) is 24.9 Å². The van der Waals surface area contributed by atoms with Crippen molar-refractivity contribution in [2.24, 2.45) is 0 Å². The number of methoxy groups -OCH3 is 1. The van der Waals surface area contributed by atoms with Crippen LogP contribution in [0.25, 0.3) is 6.08 Å². The highest BCUT2D eigenvalue weighted by Crippen LogP contribution is 2.23. The fraction of sp³-hybridized carbons (Fsp3) is 0.455. The number of aromatic nitrogens is 2. The molecule has 1 aliphatic rings. The lowest BCUT2D eigenvalue weighted by molar-refractivity contribution is -0.126. The summed E-state index contributed by atoms with van der Waals surface area (Å²) >= 11 is 6.45. The van der Waals surface area contributed by atoms with Gasteiger partial charge in [-0.05, 0) is 43.7 Å². The van der Waals surface area contributed by atoms with Crippen molar-refractivity contribution >= 4 is 29.3 Å². The molecule has 1 aromatic carbocycles. The molecule has 0 bridgehead atoms. The minimum atomic E-state index is 0.0103. The van der Waals surface area contributed by atoms with Crippen LogP contribution in [0.1, 0.15) is 31.0 Å². The van der Waals surface area contributed by atoms with E-state index in [9.17, 15) is 4.79 Å². The Hall–Kier alpha value is -2.47. The number of nitrogens with zero attached hydrogens (tertiary/aromatic N) is 4. The summed E-state index contributed by atoms with van der Waals surface area (Å²) in [5.41, 5.74) is 2.82. The molecule has 0 atom stereocenters. The largest absolute Gasteiger partial charge is 0.497 e. The summed E-state index contributed by atoms with van der Waals surface area (Å²) in [6.07, 6.45) is 5.52. The normalized spacial score (nSPS) is 14.6. The highest BCUT2D eigenvalue weighted by atomic mass is 35.5. The van der Waals surface area contributed by atoms with E-state index in [1.807, 2.05) is 28.6 Å². The number of carbonyl (C=O) groups excluding carboxylic acids is 1. The zero-order valence-corrected chi connectivity index (χ0v) is 18.2. The summed E-state index contributed by atoms with van der Waals surface area (Å²) in [5.74, 6) is 0.857. The maximum Gasteiger partial charge on any atom is 0.246 e. The van der Waals surface area contributed by atoms with Gasteiger partial charge in [0.2, 0.25) is 5.91 Å². The minimum Gasteiger partial charge on any atom is -0.497 e. The molecule has 29 heavy (non-hydrogen) atoms. The van der Waals surface area contributed by atoms with E-state index >= 15 is 0 Å². The van der Waals surface area contributed by atoms with Gasteiger partial charge in [0.1, 0.15) is 10.9 Å². The number of carbonyl (C=O) groups is 1. The van der Waals surface area contributed by atoms with Gasteiger partial charge in [-0.25, -0.2) is 0 Å². The first kappa shape index (κ1) is 21.2. The van der Waals surface area contributed by atoms with Crippen molar-refractivity contribution in [3.63, 3.8) is 0 Å². The molecule has 2 aromatic rings. The van der Waals surface area contributed by atoms with E-state index in [1.165, 1.54) is 0 Å². The Bertz CT molecular complexity index is 852. The number of rotatable bonds is 7. The van der Waals surface area contributed by atoms with Crippen molar-refractivity contribution in [1.82, 2.24) is 14.7 Å². The standard InChI is InChI=1S/C22H29ClN4O2/c1-4-5-12-27-22(23)20(17(2)24-27)10-11-21(28)26-15-13-25(14-16-26)18-6-8-19(29-3)9-7-18/h6-11H,4-5,12-16H2,1-3H3/b11-10+. The zero-order chi connectivity index (χ0) is 20.8. The number of piperazine rings is 1. The molecule has 7 heteroatoms. The molecule has 0 aliphatic carbocycles. The Balaban J connectivity index is 1.57. The van der Waals surface area contributed by atoms with E-state index in [2.05, 4.69) is 29.1 Å². The van der Waals surface area contributed by atoms with Crippen LogP contribution in [0.4, 0.5) is 5.69 Å². The Morgan fingerprint density at radius 2 is 1.90 bits per heavy atom. The second kappa shape index (κ2) is 9.83. The number of unbranched alkanes of at least 4 members (excludes halogenated alkanes) is 1. The van der Waals surface area contributed by atoms with Crippen molar-refractivity contribution < 1.29 is 9.53 Å². The summed E-state index contributed by atoms with van der Waals surface area (Å²) in [5, 5.41) is 5.09. The first-order chi connectivity index (χ1) is 14.0. The number of anilines is 1. The van der Waals surface area contributed by atoms with Crippen LogP contribution >= 0.6 is 11.6 Å². The summed E-state index contributed by atoms with van der Waals surface area (Å²) < 4.78 is 7.03. The molecule has 156 valence electrons. The van der Waals surface area contributed by atoms with E-state index in [0.717, 1.165) is 55.2 Å². The van der Waals surface area contributed by atoms with Gasteiger partial charge < -0.3 is 14.5 Å². The van der Waals surface area contributed by atoms with Crippen LogP contribution in [-0.4, -0.2) is 53.9 Å². The van der Waals surface area contributed by atoms with E-state index < -0.39 is 0 Å². The predicted octanol–water partition coefficient (Wildman–Crippen LogP) is 4.02. The molecule has 6 nitrogen and oxygen atoms in total. The number of hydrogen-bond donors (Lipinski definition) is 0. The van der Waals surface area contributed by atoms with Crippen LogP contribution in [0, 0.1) is 6.92 Å². The maximum absolute atomic E-state index is 12.6. The lowest BCUT2D eigenvalue weighted by Crippen LogP contribution is -2.48. The van der Waals surface area contributed by atoms with Crippen molar-refractivity contribution in [3.8, 4) is 5.75 Å². The molecule has 2 heterocycles. The second-order valence-electron chi connectivity index (χ2n) is 7.21. The molecule has 0 N–H and O–H groups in total. The molecule has 3 rings (SSSR count). The van der Waals surface area contributed by atoms with Gasteiger partial charge in [0.15, 0.2) is 0 Å². The van der Waals surface area contributed by atoms with Crippen LogP contribution in [0.15, 0.2) is 30.3 Å². The molecule has 0 saturated carbocycles. The fourth-order valence-corrected chi connectivity index (χ4v) is 3.77. The average Bonchev–Trinajstić information content (AvgIpc) is 3.03. The highest BCUT2D eigenvalue weighted by Gasteiger charge is 2.20. The van der Waals surface area contributed by atoms with Crippen LogP contribution in [0.3, 0.4) is 0 Å². The van der Waals surface area contributed by atoms with Gasteiger partial charge in [0.05, 0.1) is 12.8 Å². The van der Waals surface area contributed by atoms with Crippen molar-refractivity contribution in [2.45, 2.75) is 33.2 Å². The number of amides is 1. The molecule has 1 amide bonds. The predicted molar refractivity (Wildman–Crippen MR) is 118 cm³/mol. The summed E-state index contributed by atoms with van der Waals surface area (Å²) in [7, 11) is 1.66. The van der Waals surface area contributed by atoms with Gasteiger partial charge in [-0.3, -0.25) is 9.48 Å². The smallest absolute Gasteiger partial charge is 0.246 e. The first-order valence-electron chi connectivity index (χ1n) is 10.1. The quantitative estimate of drug-likeness (QED) is 0.640. The average molecular weight is 417 g/mol. The van der Waals surface area contributed by atoms with E-state index in [1.54, 1.807) is 19.3 Å². The third-order valence-corrected chi connectivity index (χ3v) is 5.65. The van der Waals surface area contributed by atoms with Gasteiger partial charge >= 0.3 is 0 Å². The van der Waals surface area contributed by atoms with Gasteiger partial charge in [0.25, 0.3) is 0 Å². The van der Waals surface area contributed by atoms with Gasteiger partial charge in [-0.2, -0.15) is 5.10 Å². The molecule has 1 aromatic heterocycles. The SMILES string of the molecule is CCCCn1nc(C)c(/C=C/C(=O)N2CCN(c3ccc(OC)cc3)CC2)c1Cl. The first-order valence-corrected chi connectivity index (χ1v) is 10.5. The molecule has 0 radical (unpaired) electrons. The van der Waals surface area contributed by atoms with E-state index in [0.29, 0.717) is 18.2 Å². The van der Waals surface area contributed by atoms with Crippen LogP contribution in [0.2, 0.25) is 5.15 Å². The van der Waals surface area contributed by atoms with Gasteiger partial charge in [-0.15, -0.1) is 0 Å². The Morgan fingerprint density at radius 1 is 1.21 bits per heavy atom. The Morgan fingerprint density at radius 3 is 2.52 bits per heavy atom. The summed E-state index contributed by atoms with van der Waals surface area (Å²) in [4.78, 5) is 16.8. The van der Waals surface area contributed by atoms with Crippen molar-refractivity contribution in [3.05, 3.63) is 46.8 Å². The Labute approximate surface area is 177 Å². The van der Waals surface area contributed by atoms with Crippen LogP contribution in [0.5, 0.6) is 5.75 Å². The molecule has 1 fully saturated rings. The molecule has 0 spiro atoms. The van der Waals surface area contributed by atoms with Crippen molar-refractivity contribution in [2.75, 3.05) is 38.2 Å². The monoisotopic (exact) mass is 416 g/mol. The molecular weight excluding hydrogens is 388 g/mol. The van der Waals surface area contributed by atoms with Gasteiger partial charge in [0, 0.05) is 50.1 Å². The molecule has 0 unspecified atom stereocenters. The number of benzene rings is 1. The third-order valence-electron chi connectivity index (χ3n) is 5.25. The zero-order valence-electron chi connectivity index (χ0n) is 17.4.